The maximum absolute atomic E-state index is 3.37. The summed E-state index contributed by atoms with van der Waals surface area (Å²) in [6, 6.07) is 1.34. The molecule has 2 aliphatic rings. The van der Waals surface area contributed by atoms with E-state index in [0.717, 1.165) is 13.1 Å². The second-order valence-electron chi connectivity index (χ2n) is 2.84. The highest BCUT2D eigenvalue weighted by Crippen LogP contribution is 2.16. The molecule has 2 nitrogen and oxygen atoms in total. The lowest BCUT2D eigenvalue weighted by molar-refractivity contribution is 0.210. The van der Waals surface area contributed by atoms with Gasteiger partial charge in [-0.1, -0.05) is 12.2 Å². The lowest BCUT2D eigenvalue weighted by atomic mass is 10.2. The summed E-state index contributed by atoms with van der Waals surface area (Å²) in [6.45, 7) is 2.26. The van der Waals surface area contributed by atoms with Crippen molar-refractivity contribution in [2.45, 2.75) is 12.1 Å². The van der Waals surface area contributed by atoms with Crippen LogP contribution < -0.4 is 5.32 Å². The average molecular weight is 124 g/mol. The molecule has 0 aromatic heterocycles. The number of rotatable bonds is 0. The Morgan fingerprint density at radius 3 is 2.33 bits per heavy atom. The van der Waals surface area contributed by atoms with Crippen molar-refractivity contribution in [2.24, 2.45) is 0 Å². The molecule has 2 atom stereocenters. The topological polar surface area (TPSA) is 15.3 Å². The summed E-state index contributed by atoms with van der Waals surface area (Å²) in [5, 5.41) is 3.37. The highest BCUT2D eigenvalue weighted by Gasteiger charge is 2.28. The minimum atomic E-state index is 0.670. The molecule has 2 heteroatoms. The third-order valence-electron chi connectivity index (χ3n) is 2.31. The highest BCUT2D eigenvalue weighted by atomic mass is 15.2. The second kappa shape index (κ2) is 1.82. The Hall–Kier alpha value is -0.340. The molecular weight excluding hydrogens is 112 g/mol. The average Bonchev–Trinajstić information content (AvgIpc) is 2.19. The Balaban J connectivity index is 2.18. The van der Waals surface area contributed by atoms with Gasteiger partial charge in [-0.2, -0.15) is 0 Å². The lowest BCUT2D eigenvalue weighted by Gasteiger charge is -2.31. The van der Waals surface area contributed by atoms with Crippen LogP contribution >= 0.6 is 0 Å². The Bertz CT molecular complexity index is 128. The van der Waals surface area contributed by atoms with Gasteiger partial charge in [-0.05, 0) is 7.05 Å². The number of fused-ring (bicyclic) bond motifs is 2. The van der Waals surface area contributed by atoms with Crippen molar-refractivity contribution in [1.29, 1.82) is 0 Å². The third-order valence-corrected chi connectivity index (χ3v) is 2.31. The van der Waals surface area contributed by atoms with E-state index in [4.69, 9.17) is 0 Å². The van der Waals surface area contributed by atoms with E-state index in [1.807, 2.05) is 0 Å². The minimum Gasteiger partial charge on any atom is -0.313 e. The van der Waals surface area contributed by atoms with E-state index < -0.39 is 0 Å². The predicted molar refractivity (Wildman–Crippen MR) is 37.3 cm³/mol. The van der Waals surface area contributed by atoms with Crippen molar-refractivity contribution in [2.75, 3.05) is 20.1 Å². The second-order valence-corrected chi connectivity index (χ2v) is 2.84. The maximum atomic E-state index is 3.37. The first-order valence-electron chi connectivity index (χ1n) is 3.49. The molecule has 1 fully saturated rings. The van der Waals surface area contributed by atoms with Gasteiger partial charge in [-0.3, -0.25) is 4.90 Å². The van der Waals surface area contributed by atoms with Crippen LogP contribution in [0.15, 0.2) is 12.2 Å². The number of hydrogen-bond acceptors (Lipinski definition) is 2. The van der Waals surface area contributed by atoms with Crippen molar-refractivity contribution in [3.63, 3.8) is 0 Å². The van der Waals surface area contributed by atoms with Crippen molar-refractivity contribution in [1.82, 2.24) is 10.2 Å². The zero-order valence-electron chi connectivity index (χ0n) is 5.67. The molecule has 0 amide bonds. The van der Waals surface area contributed by atoms with E-state index in [9.17, 15) is 0 Å². The first-order valence-corrected chi connectivity index (χ1v) is 3.49. The van der Waals surface area contributed by atoms with E-state index in [2.05, 4.69) is 29.4 Å². The van der Waals surface area contributed by atoms with E-state index in [1.165, 1.54) is 0 Å². The van der Waals surface area contributed by atoms with Crippen LogP contribution in [0.5, 0.6) is 0 Å². The fourth-order valence-corrected chi connectivity index (χ4v) is 1.58. The summed E-state index contributed by atoms with van der Waals surface area (Å²) >= 11 is 0. The number of likely N-dealkylation sites (N-methyl/N-ethyl adjacent to an activating group) is 1. The molecule has 2 aliphatic heterocycles. The molecule has 1 saturated heterocycles. The smallest absolute Gasteiger partial charge is 0.0407 e. The van der Waals surface area contributed by atoms with Gasteiger partial charge in [0.15, 0.2) is 0 Å². The fraction of sp³-hybridized carbons (Fsp3) is 0.714. The Labute approximate surface area is 55.5 Å². The van der Waals surface area contributed by atoms with Crippen LogP contribution in [-0.4, -0.2) is 37.1 Å². The normalized spacial score (nSPS) is 41.9. The van der Waals surface area contributed by atoms with Crippen LogP contribution in [0.25, 0.3) is 0 Å². The van der Waals surface area contributed by atoms with E-state index in [1.54, 1.807) is 0 Å². The van der Waals surface area contributed by atoms with E-state index >= 15 is 0 Å². The number of hydrogen-bond donors (Lipinski definition) is 1. The summed E-state index contributed by atoms with van der Waals surface area (Å²) in [4.78, 5) is 2.41. The molecule has 0 radical (unpaired) electrons. The molecule has 50 valence electrons. The largest absolute Gasteiger partial charge is 0.313 e. The Kier molecular flexibility index (Phi) is 1.10. The number of nitrogens with zero attached hydrogens (tertiary/aromatic N) is 1. The highest BCUT2D eigenvalue weighted by molar-refractivity contribution is 5.13. The van der Waals surface area contributed by atoms with Crippen LogP contribution in [0.4, 0.5) is 0 Å². The standard InChI is InChI=1S/C7H12N2/c1-9-6-2-3-7(9)5-8-4-6/h2-3,6-8H,4-5H2,1H3. The zero-order valence-corrected chi connectivity index (χ0v) is 5.67. The van der Waals surface area contributed by atoms with Crippen LogP contribution in [0.1, 0.15) is 0 Å². The molecule has 2 rings (SSSR count). The summed E-state index contributed by atoms with van der Waals surface area (Å²) in [5.74, 6) is 0. The molecule has 2 unspecified atom stereocenters. The van der Waals surface area contributed by atoms with Crippen LogP contribution in [0.3, 0.4) is 0 Å². The predicted octanol–water partition coefficient (Wildman–Crippen LogP) is -0.172. The number of nitrogens with one attached hydrogen (secondary N) is 1. The van der Waals surface area contributed by atoms with Gasteiger partial charge in [0.05, 0.1) is 0 Å². The molecular formula is C7H12N2. The van der Waals surface area contributed by atoms with Gasteiger partial charge in [-0.15, -0.1) is 0 Å². The molecule has 0 aliphatic carbocycles. The third kappa shape index (κ3) is 0.705. The van der Waals surface area contributed by atoms with Gasteiger partial charge in [0, 0.05) is 25.2 Å². The maximum Gasteiger partial charge on any atom is 0.0407 e. The zero-order chi connectivity index (χ0) is 6.27. The quantitative estimate of drug-likeness (QED) is 0.451. The van der Waals surface area contributed by atoms with Gasteiger partial charge in [0.25, 0.3) is 0 Å². The lowest BCUT2D eigenvalue weighted by Crippen LogP contribution is -2.50. The van der Waals surface area contributed by atoms with Crippen LogP contribution in [0, 0.1) is 0 Å². The molecule has 0 spiro atoms. The molecule has 9 heavy (non-hydrogen) atoms. The van der Waals surface area contributed by atoms with Gasteiger partial charge < -0.3 is 5.32 Å². The molecule has 0 aromatic carbocycles. The molecule has 0 saturated carbocycles. The SMILES string of the molecule is CN1C2C=CC1CNC2. The first kappa shape index (κ1) is 5.45. The van der Waals surface area contributed by atoms with E-state index in [-0.39, 0.29) is 0 Å². The van der Waals surface area contributed by atoms with Crippen molar-refractivity contribution < 1.29 is 0 Å². The van der Waals surface area contributed by atoms with Crippen LogP contribution in [-0.2, 0) is 0 Å². The van der Waals surface area contributed by atoms with Gasteiger partial charge in [-0.25, -0.2) is 0 Å². The Morgan fingerprint density at radius 1 is 1.33 bits per heavy atom. The van der Waals surface area contributed by atoms with E-state index in [0.29, 0.717) is 12.1 Å². The molecule has 0 aromatic rings. The van der Waals surface area contributed by atoms with Gasteiger partial charge in [0.2, 0.25) is 0 Å². The monoisotopic (exact) mass is 124 g/mol. The van der Waals surface area contributed by atoms with Crippen molar-refractivity contribution in [3.05, 3.63) is 12.2 Å². The van der Waals surface area contributed by atoms with Crippen LogP contribution in [0.2, 0.25) is 0 Å². The van der Waals surface area contributed by atoms with Gasteiger partial charge in [0.1, 0.15) is 0 Å². The molecule has 2 bridgehead atoms. The van der Waals surface area contributed by atoms with Crippen molar-refractivity contribution in [3.8, 4) is 0 Å². The molecule has 2 heterocycles. The van der Waals surface area contributed by atoms with Gasteiger partial charge >= 0.3 is 0 Å². The number of piperazine rings is 1. The summed E-state index contributed by atoms with van der Waals surface area (Å²) in [7, 11) is 2.19. The summed E-state index contributed by atoms with van der Waals surface area (Å²) < 4.78 is 0. The summed E-state index contributed by atoms with van der Waals surface area (Å²) in [6.07, 6.45) is 4.59. The van der Waals surface area contributed by atoms with Crippen molar-refractivity contribution >= 4 is 0 Å². The Morgan fingerprint density at radius 2 is 1.89 bits per heavy atom. The molecule has 1 N–H and O–H groups in total. The minimum absolute atomic E-state index is 0.670. The summed E-state index contributed by atoms with van der Waals surface area (Å²) in [5.41, 5.74) is 0. The fourth-order valence-electron chi connectivity index (χ4n) is 1.58. The first-order chi connectivity index (χ1) is 4.38.